The van der Waals surface area contributed by atoms with Gasteiger partial charge in [-0.05, 0) is 37.3 Å². The van der Waals surface area contributed by atoms with Crippen LogP contribution in [0.3, 0.4) is 0 Å². The highest BCUT2D eigenvalue weighted by molar-refractivity contribution is 5.87. The molecule has 0 bridgehead atoms. The van der Waals surface area contributed by atoms with Gasteiger partial charge in [0, 0.05) is 6.42 Å². The number of carboxylic acids is 1. The molecule has 0 aromatic heterocycles. The number of nitrogens with one attached hydrogen (secondary N) is 1. The molecule has 114 valence electrons. The van der Waals surface area contributed by atoms with Crippen molar-refractivity contribution in [3.8, 4) is 5.75 Å². The van der Waals surface area contributed by atoms with Gasteiger partial charge in [0.2, 0.25) is 5.91 Å². The second-order valence-electron chi connectivity index (χ2n) is 5.22. The van der Waals surface area contributed by atoms with E-state index in [4.69, 9.17) is 9.84 Å². The Hall–Kier alpha value is -2.11. The van der Waals surface area contributed by atoms with Gasteiger partial charge >= 0.3 is 5.97 Å². The quantitative estimate of drug-likeness (QED) is 0.840. The third-order valence-corrected chi connectivity index (χ3v) is 3.88. The molecule has 0 heterocycles. The molecule has 1 amide bonds. The van der Waals surface area contributed by atoms with E-state index in [9.17, 15) is 14.0 Å². The second kappa shape index (κ2) is 6.11. The molecule has 2 N–H and O–H groups in total. The number of aryl methyl sites for hydroxylation is 1. The molecule has 0 aliphatic heterocycles. The number of rotatable bonds is 6. The number of aliphatic carboxylic acids is 1. The zero-order chi connectivity index (χ0) is 15.5. The van der Waals surface area contributed by atoms with Crippen molar-refractivity contribution in [3.05, 3.63) is 29.6 Å². The van der Waals surface area contributed by atoms with Crippen LogP contribution in [0.25, 0.3) is 0 Å². The normalized spacial score (nSPS) is 15.9. The summed E-state index contributed by atoms with van der Waals surface area (Å²) in [5.74, 6) is -1.73. The van der Waals surface area contributed by atoms with Crippen LogP contribution < -0.4 is 10.1 Å². The number of carbonyl (C=O) groups excluding carboxylic acids is 1. The van der Waals surface area contributed by atoms with Crippen molar-refractivity contribution in [1.29, 1.82) is 0 Å². The van der Waals surface area contributed by atoms with Crippen LogP contribution in [0.15, 0.2) is 18.2 Å². The van der Waals surface area contributed by atoms with Gasteiger partial charge in [-0.3, -0.25) is 4.79 Å². The van der Waals surface area contributed by atoms with Crippen molar-refractivity contribution in [2.24, 2.45) is 0 Å². The smallest absolute Gasteiger partial charge is 0.329 e. The van der Waals surface area contributed by atoms with E-state index >= 15 is 0 Å². The van der Waals surface area contributed by atoms with Crippen molar-refractivity contribution < 1.29 is 23.8 Å². The number of carboxylic acid groups (broad SMARTS) is 1. The van der Waals surface area contributed by atoms with Gasteiger partial charge in [0.15, 0.2) is 11.6 Å². The molecule has 0 radical (unpaired) electrons. The van der Waals surface area contributed by atoms with Crippen molar-refractivity contribution >= 4 is 11.9 Å². The minimum atomic E-state index is -1.12. The molecule has 21 heavy (non-hydrogen) atoms. The van der Waals surface area contributed by atoms with Crippen LogP contribution >= 0.6 is 0 Å². The number of carbonyl (C=O) groups is 2. The third kappa shape index (κ3) is 3.15. The summed E-state index contributed by atoms with van der Waals surface area (Å²) in [5, 5.41) is 11.7. The summed E-state index contributed by atoms with van der Waals surface area (Å²) < 4.78 is 18.8. The lowest BCUT2D eigenvalue weighted by molar-refractivity contribution is -0.151. The minimum absolute atomic E-state index is 0.0408. The predicted octanol–water partition coefficient (Wildman–Crippen LogP) is 1.89. The fraction of sp³-hybridized carbons (Fsp3) is 0.467. The van der Waals surface area contributed by atoms with Gasteiger partial charge in [-0.1, -0.05) is 12.1 Å². The molecule has 1 aromatic rings. The van der Waals surface area contributed by atoms with E-state index in [1.807, 2.05) is 0 Å². The Balaban J connectivity index is 1.94. The number of hydrogen-bond acceptors (Lipinski definition) is 3. The summed E-state index contributed by atoms with van der Waals surface area (Å²) >= 11 is 0. The van der Waals surface area contributed by atoms with E-state index in [0.717, 1.165) is 6.42 Å². The SMILES string of the molecule is COc1cccc(CCC(=O)NC2(C(=O)O)CCC2)c1F. The Labute approximate surface area is 122 Å². The molecule has 5 nitrogen and oxygen atoms in total. The molecule has 0 saturated heterocycles. The highest BCUT2D eigenvalue weighted by Crippen LogP contribution is 2.32. The fourth-order valence-corrected chi connectivity index (χ4v) is 2.41. The molecule has 1 fully saturated rings. The number of halogens is 1. The topological polar surface area (TPSA) is 75.6 Å². The summed E-state index contributed by atoms with van der Waals surface area (Å²) in [5.41, 5.74) is -0.744. The molecule has 1 aliphatic rings. The maximum absolute atomic E-state index is 13.9. The Morgan fingerprint density at radius 1 is 1.43 bits per heavy atom. The average Bonchev–Trinajstić information content (AvgIpc) is 2.41. The summed E-state index contributed by atoms with van der Waals surface area (Å²) in [7, 11) is 1.38. The first-order valence-corrected chi connectivity index (χ1v) is 6.84. The summed E-state index contributed by atoms with van der Waals surface area (Å²) in [6.07, 6.45) is 1.92. The van der Waals surface area contributed by atoms with Crippen LogP contribution in [-0.2, 0) is 16.0 Å². The maximum atomic E-state index is 13.9. The van der Waals surface area contributed by atoms with Crippen molar-refractivity contribution in [3.63, 3.8) is 0 Å². The third-order valence-electron chi connectivity index (χ3n) is 3.88. The van der Waals surface area contributed by atoms with Crippen molar-refractivity contribution in [2.45, 2.75) is 37.6 Å². The van der Waals surface area contributed by atoms with Crippen LogP contribution in [0, 0.1) is 5.82 Å². The lowest BCUT2D eigenvalue weighted by atomic mass is 9.76. The van der Waals surface area contributed by atoms with Gasteiger partial charge in [-0.2, -0.15) is 0 Å². The lowest BCUT2D eigenvalue weighted by Crippen LogP contribution is -2.59. The highest BCUT2D eigenvalue weighted by Gasteiger charge is 2.45. The summed E-state index contributed by atoms with van der Waals surface area (Å²) in [6.45, 7) is 0. The van der Waals surface area contributed by atoms with Crippen LogP contribution in [-0.4, -0.2) is 29.6 Å². The van der Waals surface area contributed by atoms with Crippen LogP contribution in [0.1, 0.15) is 31.2 Å². The number of methoxy groups -OCH3 is 1. The average molecular weight is 295 g/mol. The molecule has 1 aliphatic carbocycles. The summed E-state index contributed by atoms with van der Waals surface area (Å²) in [6, 6.07) is 4.74. The van der Waals surface area contributed by atoms with Crippen LogP contribution in [0.4, 0.5) is 4.39 Å². The number of hydrogen-bond donors (Lipinski definition) is 2. The van der Waals surface area contributed by atoms with Crippen molar-refractivity contribution in [1.82, 2.24) is 5.32 Å². The van der Waals surface area contributed by atoms with Gasteiger partial charge in [-0.15, -0.1) is 0 Å². The summed E-state index contributed by atoms with van der Waals surface area (Å²) in [4.78, 5) is 23.0. The van der Waals surface area contributed by atoms with Gasteiger partial charge in [-0.25, -0.2) is 9.18 Å². The second-order valence-corrected chi connectivity index (χ2v) is 5.22. The molecule has 2 rings (SSSR count). The first kappa shape index (κ1) is 15.3. The lowest BCUT2D eigenvalue weighted by Gasteiger charge is -2.38. The molecule has 0 atom stereocenters. The Kier molecular flexibility index (Phi) is 4.45. The first-order valence-electron chi connectivity index (χ1n) is 6.84. The molecule has 0 spiro atoms. The molecule has 0 unspecified atom stereocenters. The highest BCUT2D eigenvalue weighted by atomic mass is 19.1. The fourth-order valence-electron chi connectivity index (χ4n) is 2.41. The van der Waals surface area contributed by atoms with E-state index in [2.05, 4.69) is 5.32 Å². The van der Waals surface area contributed by atoms with Gasteiger partial charge < -0.3 is 15.2 Å². The molecule has 1 aromatic carbocycles. The number of amides is 1. The predicted molar refractivity (Wildman–Crippen MR) is 73.6 cm³/mol. The number of benzene rings is 1. The van der Waals surface area contributed by atoms with E-state index < -0.39 is 17.3 Å². The molecule has 1 saturated carbocycles. The van der Waals surface area contributed by atoms with E-state index in [1.54, 1.807) is 12.1 Å². The van der Waals surface area contributed by atoms with Gasteiger partial charge in [0.25, 0.3) is 0 Å². The van der Waals surface area contributed by atoms with E-state index in [0.29, 0.717) is 18.4 Å². The van der Waals surface area contributed by atoms with Crippen molar-refractivity contribution in [2.75, 3.05) is 7.11 Å². The zero-order valence-electron chi connectivity index (χ0n) is 11.8. The van der Waals surface area contributed by atoms with Gasteiger partial charge in [0.05, 0.1) is 7.11 Å². The Morgan fingerprint density at radius 2 is 2.14 bits per heavy atom. The zero-order valence-corrected chi connectivity index (χ0v) is 11.8. The molecular weight excluding hydrogens is 277 g/mol. The van der Waals surface area contributed by atoms with E-state index in [-0.39, 0.29) is 24.5 Å². The first-order chi connectivity index (χ1) is 9.98. The largest absolute Gasteiger partial charge is 0.494 e. The van der Waals surface area contributed by atoms with E-state index in [1.165, 1.54) is 13.2 Å². The Bertz CT molecular complexity index is 555. The van der Waals surface area contributed by atoms with Crippen LogP contribution in [0.5, 0.6) is 5.75 Å². The minimum Gasteiger partial charge on any atom is -0.494 e. The monoisotopic (exact) mass is 295 g/mol. The maximum Gasteiger partial charge on any atom is 0.329 e. The molecule has 6 heteroatoms. The standard InChI is InChI=1S/C15H18FNO4/c1-21-11-5-2-4-10(13(11)16)6-7-12(18)17-15(14(19)20)8-3-9-15/h2,4-5H,3,6-9H2,1H3,(H,17,18)(H,19,20). The Morgan fingerprint density at radius 3 is 2.67 bits per heavy atom. The van der Waals surface area contributed by atoms with Crippen LogP contribution in [0.2, 0.25) is 0 Å². The number of ether oxygens (including phenoxy) is 1. The molecular formula is C15H18FNO4. The van der Waals surface area contributed by atoms with Gasteiger partial charge in [0.1, 0.15) is 5.54 Å².